The smallest absolute Gasteiger partial charge is 0.407 e. The van der Waals surface area contributed by atoms with E-state index < -0.39 is 6.09 Å². The normalized spacial score (nSPS) is 9.86. The molecule has 1 N–H and O–H groups in total. The summed E-state index contributed by atoms with van der Waals surface area (Å²) >= 11 is 0. The molecule has 6 nitrogen and oxygen atoms in total. The molecule has 1 aromatic carbocycles. The first-order valence-corrected chi connectivity index (χ1v) is 7.00. The van der Waals surface area contributed by atoms with E-state index in [-0.39, 0.29) is 5.91 Å². The molecule has 0 aromatic heterocycles. The van der Waals surface area contributed by atoms with E-state index in [2.05, 4.69) is 5.32 Å². The van der Waals surface area contributed by atoms with Crippen LogP contribution in [0.2, 0.25) is 0 Å². The number of nitrogens with one attached hydrogen (secondary N) is 1. The van der Waals surface area contributed by atoms with Crippen molar-refractivity contribution in [1.82, 2.24) is 5.32 Å². The molecule has 0 bridgehead atoms. The number of anilines is 1. The van der Waals surface area contributed by atoms with Crippen LogP contribution in [-0.2, 0) is 9.53 Å². The molecule has 0 atom stereocenters. The lowest BCUT2D eigenvalue weighted by molar-refractivity contribution is -0.116. The average molecular weight is 294 g/mol. The van der Waals surface area contributed by atoms with Crippen molar-refractivity contribution in [3.63, 3.8) is 0 Å². The van der Waals surface area contributed by atoms with Gasteiger partial charge in [-0.1, -0.05) is 12.1 Å². The highest BCUT2D eigenvalue weighted by Gasteiger charge is 2.16. The van der Waals surface area contributed by atoms with Crippen LogP contribution in [0.5, 0.6) is 5.75 Å². The summed E-state index contributed by atoms with van der Waals surface area (Å²) in [6, 6.07) is 7.32. The van der Waals surface area contributed by atoms with Crippen molar-refractivity contribution >= 4 is 17.7 Å². The van der Waals surface area contributed by atoms with Crippen LogP contribution >= 0.6 is 0 Å². The van der Waals surface area contributed by atoms with Gasteiger partial charge in [-0.3, -0.25) is 4.79 Å². The summed E-state index contributed by atoms with van der Waals surface area (Å²) in [6.07, 6.45) is -0.487. The van der Waals surface area contributed by atoms with E-state index >= 15 is 0 Å². The standard InChI is InChI=1S/C15H22N2O4/c1-4-20-14-9-7-6-8-13(14)17(12(3)18)11-10-16-15(19)21-5-2/h6-9H,4-5,10-11H2,1-3H3,(H,16,19). The zero-order valence-corrected chi connectivity index (χ0v) is 12.7. The molecule has 0 aliphatic heterocycles. The second-order valence-electron chi connectivity index (χ2n) is 4.22. The van der Waals surface area contributed by atoms with Gasteiger partial charge in [0, 0.05) is 20.0 Å². The van der Waals surface area contributed by atoms with E-state index in [1.54, 1.807) is 11.8 Å². The predicted octanol–water partition coefficient (Wildman–Crippen LogP) is 2.18. The molecule has 0 saturated heterocycles. The number of amides is 2. The molecule has 0 aliphatic rings. The number of carbonyl (C=O) groups is 2. The van der Waals surface area contributed by atoms with Crippen molar-refractivity contribution in [1.29, 1.82) is 0 Å². The summed E-state index contributed by atoms with van der Waals surface area (Å²) in [5.74, 6) is 0.527. The summed E-state index contributed by atoms with van der Waals surface area (Å²) < 4.78 is 10.3. The maximum atomic E-state index is 11.8. The molecule has 0 saturated carbocycles. The predicted molar refractivity (Wildman–Crippen MR) is 80.7 cm³/mol. The number of benzene rings is 1. The number of hydrogen-bond donors (Lipinski definition) is 1. The topological polar surface area (TPSA) is 67.9 Å². The van der Waals surface area contributed by atoms with Crippen molar-refractivity contribution in [2.75, 3.05) is 31.2 Å². The van der Waals surface area contributed by atoms with Gasteiger partial charge in [0.05, 0.1) is 18.9 Å². The van der Waals surface area contributed by atoms with Crippen molar-refractivity contribution < 1.29 is 19.1 Å². The van der Waals surface area contributed by atoms with Gasteiger partial charge in [0.15, 0.2) is 0 Å². The monoisotopic (exact) mass is 294 g/mol. The van der Waals surface area contributed by atoms with Crippen molar-refractivity contribution in [2.24, 2.45) is 0 Å². The molecule has 21 heavy (non-hydrogen) atoms. The van der Waals surface area contributed by atoms with Gasteiger partial charge in [0.1, 0.15) is 5.75 Å². The number of rotatable bonds is 7. The SMILES string of the molecule is CCOC(=O)NCCN(C(C)=O)c1ccccc1OCC. The van der Waals surface area contributed by atoms with Gasteiger partial charge < -0.3 is 19.7 Å². The van der Waals surface area contributed by atoms with Crippen molar-refractivity contribution in [3.05, 3.63) is 24.3 Å². The van der Waals surface area contributed by atoms with Crippen molar-refractivity contribution in [3.8, 4) is 5.75 Å². The highest BCUT2D eigenvalue weighted by Crippen LogP contribution is 2.27. The number of ether oxygens (including phenoxy) is 2. The Labute approximate surface area is 125 Å². The maximum Gasteiger partial charge on any atom is 0.407 e. The molecular weight excluding hydrogens is 272 g/mol. The Bertz CT molecular complexity index is 476. The third-order valence-electron chi connectivity index (χ3n) is 2.72. The van der Waals surface area contributed by atoms with Crippen LogP contribution in [0.25, 0.3) is 0 Å². The minimum absolute atomic E-state index is 0.118. The van der Waals surface area contributed by atoms with Crippen LogP contribution < -0.4 is 15.0 Å². The zero-order chi connectivity index (χ0) is 15.7. The molecule has 2 amide bonds. The molecule has 0 aliphatic carbocycles. The Balaban J connectivity index is 2.74. The van der Waals surface area contributed by atoms with Gasteiger partial charge in [0.25, 0.3) is 0 Å². The molecule has 0 heterocycles. The second kappa shape index (κ2) is 8.84. The number of nitrogens with zero attached hydrogens (tertiary/aromatic N) is 1. The van der Waals surface area contributed by atoms with E-state index in [1.165, 1.54) is 6.92 Å². The number of hydrogen-bond acceptors (Lipinski definition) is 4. The first kappa shape index (κ1) is 16.8. The summed E-state index contributed by atoms with van der Waals surface area (Å²) in [4.78, 5) is 24.6. The van der Waals surface area contributed by atoms with E-state index in [0.29, 0.717) is 37.7 Å². The summed E-state index contributed by atoms with van der Waals surface area (Å²) in [5, 5.41) is 2.59. The van der Waals surface area contributed by atoms with Crippen LogP contribution in [0.4, 0.5) is 10.5 Å². The van der Waals surface area contributed by atoms with Gasteiger partial charge in [-0.15, -0.1) is 0 Å². The lowest BCUT2D eigenvalue weighted by atomic mass is 10.2. The zero-order valence-electron chi connectivity index (χ0n) is 12.7. The molecule has 1 rings (SSSR count). The van der Waals surface area contributed by atoms with Crippen LogP contribution in [-0.4, -0.2) is 38.3 Å². The lowest BCUT2D eigenvalue weighted by Crippen LogP contribution is -2.38. The van der Waals surface area contributed by atoms with Gasteiger partial charge >= 0.3 is 6.09 Å². The third-order valence-corrected chi connectivity index (χ3v) is 2.72. The highest BCUT2D eigenvalue weighted by molar-refractivity contribution is 5.93. The fourth-order valence-electron chi connectivity index (χ4n) is 1.86. The Morgan fingerprint density at radius 1 is 1.19 bits per heavy atom. The molecule has 0 radical (unpaired) electrons. The van der Waals surface area contributed by atoms with Crippen LogP contribution in [0.3, 0.4) is 0 Å². The minimum atomic E-state index is -0.487. The minimum Gasteiger partial charge on any atom is -0.492 e. The van der Waals surface area contributed by atoms with Gasteiger partial charge in [-0.25, -0.2) is 4.79 Å². The molecular formula is C15H22N2O4. The van der Waals surface area contributed by atoms with E-state index in [4.69, 9.17) is 9.47 Å². The molecule has 0 unspecified atom stereocenters. The molecule has 1 aromatic rings. The van der Waals surface area contributed by atoms with Crippen LogP contribution in [0, 0.1) is 0 Å². The first-order valence-electron chi connectivity index (χ1n) is 7.00. The van der Waals surface area contributed by atoms with E-state index in [9.17, 15) is 9.59 Å². The Kier molecular flexibility index (Phi) is 7.08. The molecule has 116 valence electrons. The summed E-state index contributed by atoms with van der Waals surface area (Å²) in [7, 11) is 0. The Hall–Kier alpha value is -2.24. The second-order valence-corrected chi connectivity index (χ2v) is 4.22. The highest BCUT2D eigenvalue weighted by atomic mass is 16.5. The molecule has 6 heteroatoms. The quantitative estimate of drug-likeness (QED) is 0.837. The largest absolute Gasteiger partial charge is 0.492 e. The Morgan fingerprint density at radius 3 is 2.52 bits per heavy atom. The Morgan fingerprint density at radius 2 is 1.90 bits per heavy atom. The fraction of sp³-hybridized carbons (Fsp3) is 0.467. The lowest BCUT2D eigenvalue weighted by Gasteiger charge is -2.23. The van der Waals surface area contributed by atoms with Crippen LogP contribution in [0.15, 0.2) is 24.3 Å². The first-order chi connectivity index (χ1) is 10.1. The van der Waals surface area contributed by atoms with E-state index in [0.717, 1.165) is 0 Å². The van der Waals surface area contributed by atoms with Crippen LogP contribution in [0.1, 0.15) is 20.8 Å². The molecule has 0 fully saturated rings. The third kappa shape index (κ3) is 5.33. The average Bonchev–Trinajstić information content (AvgIpc) is 2.45. The van der Waals surface area contributed by atoms with Gasteiger partial charge in [-0.05, 0) is 26.0 Å². The van der Waals surface area contributed by atoms with E-state index in [1.807, 2.05) is 31.2 Å². The number of carbonyl (C=O) groups excluding carboxylic acids is 2. The fourth-order valence-corrected chi connectivity index (χ4v) is 1.86. The summed E-state index contributed by atoms with van der Waals surface area (Å²) in [6.45, 7) is 6.58. The summed E-state index contributed by atoms with van der Waals surface area (Å²) in [5.41, 5.74) is 0.692. The molecule has 0 spiro atoms. The number of alkyl carbamates (subject to hydrolysis) is 1. The van der Waals surface area contributed by atoms with Gasteiger partial charge in [-0.2, -0.15) is 0 Å². The number of para-hydroxylation sites is 2. The van der Waals surface area contributed by atoms with Crippen molar-refractivity contribution in [2.45, 2.75) is 20.8 Å². The van der Waals surface area contributed by atoms with Gasteiger partial charge in [0.2, 0.25) is 5.91 Å². The maximum absolute atomic E-state index is 11.8.